The topological polar surface area (TPSA) is 152 Å². The zero-order valence-corrected chi connectivity index (χ0v) is 27.2. The Kier molecular flexibility index (Phi) is 11.4. The van der Waals surface area contributed by atoms with Crippen LogP contribution in [0.4, 0.5) is 32.3 Å². The molecule has 1 unspecified atom stereocenters. The van der Waals surface area contributed by atoms with Gasteiger partial charge in [-0.2, -0.15) is 0 Å². The highest BCUT2D eigenvalue weighted by Gasteiger charge is 2.32. The molecule has 0 radical (unpaired) electrons. The normalized spacial score (nSPS) is 17.2. The highest BCUT2D eigenvalue weighted by Crippen LogP contribution is 2.25. The molecule has 4 rings (SSSR count). The first-order chi connectivity index (χ1) is 20.9. The fourth-order valence-corrected chi connectivity index (χ4v) is 4.89. The van der Waals surface area contributed by atoms with Gasteiger partial charge in [-0.1, -0.05) is 11.6 Å². The van der Waals surface area contributed by atoms with Gasteiger partial charge in [0.05, 0.1) is 16.4 Å². The van der Waals surface area contributed by atoms with Crippen LogP contribution in [0.3, 0.4) is 0 Å². The van der Waals surface area contributed by atoms with Crippen molar-refractivity contribution in [2.24, 2.45) is 0 Å². The van der Waals surface area contributed by atoms with E-state index in [9.17, 15) is 29.8 Å². The number of alkyl halides is 1. The monoisotopic (exact) mass is 648 g/mol. The number of carbonyl (C=O) groups is 2. The summed E-state index contributed by atoms with van der Waals surface area (Å²) >= 11 is 6.31. The third-order valence-corrected chi connectivity index (χ3v) is 7.10. The number of halogens is 1. The first-order valence-electron chi connectivity index (χ1n) is 14.5. The average Bonchev–Trinajstić information content (AvgIpc) is 2.96. The van der Waals surface area contributed by atoms with Crippen molar-refractivity contribution in [3.63, 3.8) is 0 Å². The van der Waals surface area contributed by atoms with Gasteiger partial charge >= 0.3 is 12.2 Å². The molecule has 2 amide bonds. The molecule has 2 saturated heterocycles. The molecule has 0 spiro atoms. The van der Waals surface area contributed by atoms with E-state index in [0.29, 0.717) is 45.8 Å². The molecule has 0 bridgehead atoms. The average molecular weight is 649 g/mol. The number of nitro benzene ring substituents is 2. The predicted octanol–water partition coefficient (Wildman–Crippen LogP) is 5.87. The van der Waals surface area contributed by atoms with E-state index in [4.69, 9.17) is 21.1 Å². The lowest BCUT2D eigenvalue weighted by molar-refractivity contribution is -0.385. The highest BCUT2D eigenvalue weighted by molar-refractivity contribution is 6.21. The third kappa shape index (κ3) is 10.7. The fraction of sp³-hybridized carbons (Fsp3) is 0.533. The summed E-state index contributed by atoms with van der Waals surface area (Å²) in [7, 11) is 0. The van der Waals surface area contributed by atoms with Crippen molar-refractivity contribution in [3.05, 3.63) is 68.8 Å². The van der Waals surface area contributed by atoms with Gasteiger partial charge in [-0.25, -0.2) is 9.59 Å². The number of carbonyl (C=O) groups excluding carboxylic acids is 2. The van der Waals surface area contributed by atoms with E-state index in [1.54, 1.807) is 49.9 Å². The molecule has 2 heterocycles. The summed E-state index contributed by atoms with van der Waals surface area (Å²) in [4.78, 5) is 51.9. The number of rotatable bonds is 4. The van der Waals surface area contributed by atoms with Crippen molar-refractivity contribution in [1.82, 2.24) is 9.80 Å². The van der Waals surface area contributed by atoms with Gasteiger partial charge in [0.1, 0.15) is 16.7 Å². The van der Waals surface area contributed by atoms with Crippen LogP contribution in [0.5, 0.6) is 0 Å². The Labute approximate surface area is 267 Å². The van der Waals surface area contributed by atoms with Gasteiger partial charge in [0.2, 0.25) is 0 Å². The van der Waals surface area contributed by atoms with Crippen LogP contribution in [0.25, 0.3) is 0 Å². The molecule has 15 heteroatoms. The van der Waals surface area contributed by atoms with Gasteiger partial charge in [-0.3, -0.25) is 25.1 Å². The zero-order valence-electron chi connectivity index (χ0n) is 26.5. The molecular weight excluding hydrogens is 608 g/mol. The van der Waals surface area contributed by atoms with Gasteiger partial charge in [-0.15, -0.1) is 0 Å². The van der Waals surface area contributed by atoms with Crippen LogP contribution in [0.2, 0.25) is 0 Å². The van der Waals surface area contributed by atoms with Crippen molar-refractivity contribution in [3.8, 4) is 0 Å². The van der Waals surface area contributed by atoms with Crippen molar-refractivity contribution >= 4 is 46.5 Å². The lowest BCUT2D eigenvalue weighted by Crippen LogP contribution is -2.54. The fourth-order valence-electron chi connectivity index (χ4n) is 4.55. The molecule has 246 valence electrons. The number of piperazine rings is 2. The molecule has 2 aromatic rings. The Hall–Kier alpha value is -4.33. The third-order valence-electron chi connectivity index (χ3n) is 6.73. The number of ether oxygens (including phenoxy) is 2. The molecule has 2 aliphatic heterocycles. The molecular formula is C30H41ClN6O8. The minimum atomic E-state index is -0.566. The quantitative estimate of drug-likeness (QED) is 0.170. The SMILES string of the molecule is CC(C)(C)OC(=O)N1CCN(c2ccc([N+](=O)[O-])cc2)CC1.CC(C)(C)OC(=O)N1CCN(c2ccc([N+](=O)[O-])cc2)CC1Cl. The molecule has 2 fully saturated rings. The molecule has 0 N–H and O–H groups in total. The number of hydrogen-bond donors (Lipinski definition) is 0. The predicted molar refractivity (Wildman–Crippen MR) is 171 cm³/mol. The maximum absolute atomic E-state index is 12.1. The van der Waals surface area contributed by atoms with E-state index in [2.05, 4.69) is 4.90 Å². The summed E-state index contributed by atoms with van der Waals surface area (Å²) in [6, 6.07) is 12.8. The van der Waals surface area contributed by atoms with E-state index in [0.717, 1.165) is 11.4 Å². The van der Waals surface area contributed by atoms with Gasteiger partial charge in [0.15, 0.2) is 0 Å². The van der Waals surface area contributed by atoms with Crippen LogP contribution in [0.1, 0.15) is 41.5 Å². The standard InChI is InChI=1S/C15H20ClN3O4.C15H21N3O4/c1-15(2,3)23-14(20)18-9-8-17(10-13(18)16)11-4-6-12(7-5-11)19(21)22;1-15(2,3)22-14(19)17-10-8-16(9-11-17)12-4-6-13(7-5-12)18(20)21/h4-7,13H,8-10H2,1-3H3;4-7H,8-11H2,1-3H3. The van der Waals surface area contributed by atoms with E-state index >= 15 is 0 Å². The minimum absolute atomic E-state index is 0.0450. The van der Waals surface area contributed by atoms with Crippen molar-refractivity contribution in [1.29, 1.82) is 0 Å². The Balaban J connectivity index is 0.000000246. The number of nitro groups is 2. The zero-order chi connectivity index (χ0) is 33.5. The Morgan fingerprint density at radius 2 is 1.09 bits per heavy atom. The number of anilines is 2. The highest BCUT2D eigenvalue weighted by atomic mass is 35.5. The largest absolute Gasteiger partial charge is 0.444 e. The maximum atomic E-state index is 12.1. The van der Waals surface area contributed by atoms with Crippen molar-refractivity contribution < 1.29 is 28.9 Å². The summed E-state index contributed by atoms with van der Waals surface area (Å²) in [6.45, 7) is 14.9. The van der Waals surface area contributed by atoms with Gasteiger partial charge in [-0.05, 0) is 65.8 Å². The second-order valence-corrected chi connectivity index (χ2v) is 13.1. The summed E-state index contributed by atoms with van der Waals surface area (Å²) in [5.41, 5.74) is 0.309. The number of amides is 2. The number of nitrogens with zero attached hydrogens (tertiary/aromatic N) is 6. The van der Waals surface area contributed by atoms with Crippen LogP contribution in [0.15, 0.2) is 48.5 Å². The number of non-ortho nitro benzene ring substituents is 2. The van der Waals surface area contributed by atoms with Crippen LogP contribution in [-0.2, 0) is 9.47 Å². The maximum Gasteiger partial charge on any atom is 0.411 e. The Morgan fingerprint density at radius 1 is 0.689 bits per heavy atom. The lowest BCUT2D eigenvalue weighted by Gasteiger charge is -2.39. The second kappa shape index (κ2) is 14.6. The van der Waals surface area contributed by atoms with Crippen molar-refractivity contribution in [2.45, 2.75) is 58.2 Å². The molecule has 2 aliphatic rings. The molecule has 1 atom stereocenters. The number of benzene rings is 2. The smallest absolute Gasteiger partial charge is 0.411 e. The second-order valence-electron chi connectivity index (χ2n) is 12.6. The summed E-state index contributed by atoms with van der Waals surface area (Å²) in [6.07, 6.45) is -0.725. The molecule has 0 aliphatic carbocycles. The molecule has 2 aromatic carbocycles. The van der Waals surface area contributed by atoms with Crippen LogP contribution < -0.4 is 9.80 Å². The summed E-state index contributed by atoms with van der Waals surface area (Å²) in [5, 5.41) is 21.3. The van der Waals surface area contributed by atoms with Crippen LogP contribution in [0, 0.1) is 20.2 Å². The first kappa shape index (κ1) is 35.2. The lowest BCUT2D eigenvalue weighted by atomic mass is 10.2. The Morgan fingerprint density at radius 3 is 1.49 bits per heavy atom. The minimum Gasteiger partial charge on any atom is -0.444 e. The van der Waals surface area contributed by atoms with Gasteiger partial charge in [0, 0.05) is 74.9 Å². The summed E-state index contributed by atoms with van der Waals surface area (Å²) in [5.74, 6) is 0. The van der Waals surface area contributed by atoms with E-state index in [1.165, 1.54) is 29.2 Å². The van der Waals surface area contributed by atoms with E-state index in [1.807, 2.05) is 25.7 Å². The van der Waals surface area contributed by atoms with Crippen molar-refractivity contribution in [2.75, 3.05) is 55.6 Å². The van der Waals surface area contributed by atoms with E-state index in [-0.39, 0.29) is 17.5 Å². The van der Waals surface area contributed by atoms with Crippen LogP contribution in [-0.4, -0.2) is 94.3 Å². The molecule has 0 saturated carbocycles. The number of hydrogen-bond acceptors (Lipinski definition) is 10. The first-order valence-corrected chi connectivity index (χ1v) is 15.0. The Bertz CT molecular complexity index is 1340. The van der Waals surface area contributed by atoms with Crippen LogP contribution >= 0.6 is 11.6 Å². The van der Waals surface area contributed by atoms with Gasteiger partial charge < -0.3 is 24.2 Å². The molecule has 14 nitrogen and oxygen atoms in total. The molecule has 45 heavy (non-hydrogen) atoms. The van der Waals surface area contributed by atoms with Gasteiger partial charge in [0.25, 0.3) is 11.4 Å². The summed E-state index contributed by atoms with van der Waals surface area (Å²) < 4.78 is 10.7. The van der Waals surface area contributed by atoms with E-state index < -0.39 is 32.6 Å². The molecule has 0 aromatic heterocycles.